The van der Waals surface area contributed by atoms with Gasteiger partial charge in [-0.3, -0.25) is 0 Å². The summed E-state index contributed by atoms with van der Waals surface area (Å²) in [4.78, 5) is 0. The molecule has 1 heterocycles. The SMILES string of the molecule is CN(C)S(=O)(=O)CCNCc1cc2c(cc1Br)OCO2. The predicted octanol–water partition coefficient (Wildman–Crippen LogP) is 1.16. The van der Waals surface area contributed by atoms with Crippen LogP contribution in [0.1, 0.15) is 5.56 Å². The third-order valence-corrected chi connectivity index (χ3v) is 5.52. The fourth-order valence-electron chi connectivity index (χ4n) is 1.70. The Labute approximate surface area is 127 Å². The van der Waals surface area contributed by atoms with Crippen molar-refractivity contribution in [3.8, 4) is 11.5 Å². The first-order valence-electron chi connectivity index (χ1n) is 6.09. The van der Waals surface area contributed by atoms with Crippen molar-refractivity contribution in [3.05, 3.63) is 22.2 Å². The molecular formula is C12H17BrN2O4S. The molecule has 1 N–H and O–H groups in total. The van der Waals surface area contributed by atoms with Gasteiger partial charge in [-0.2, -0.15) is 0 Å². The van der Waals surface area contributed by atoms with E-state index in [4.69, 9.17) is 9.47 Å². The van der Waals surface area contributed by atoms with Gasteiger partial charge in [0.25, 0.3) is 0 Å². The molecule has 0 unspecified atom stereocenters. The molecule has 0 bridgehead atoms. The fraction of sp³-hybridized carbons (Fsp3) is 0.500. The van der Waals surface area contributed by atoms with Crippen molar-refractivity contribution in [3.63, 3.8) is 0 Å². The van der Waals surface area contributed by atoms with Gasteiger partial charge in [-0.1, -0.05) is 15.9 Å². The molecule has 0 atom stereocenters. The maximum atomic E-state index is 11.6. The average Bonchev–Trinajstić information content (AvgIpc) is 2.81. The summed E-state index contributed by atoms with van der Waals surface area (Å²) in [6.07, 6.45) is 0. The van der Waals surface area contributed by atoms with Crippen molar-refractivity contribution < 1.29 is 17.9 Å². The largest absolute Gasteiger partial charge is 0.454 e. The maximum Gasteiger partial charge on any atom is 0.231 e. The molecule has 1 aromatic carbocycles. The first kappa shape index (κ1) is 15.6. The van der Waals surface area contributed by atoms with Crippen LogP contribution in [0.25, 0.3) is 0 Å². The summed E-state index contributed by atoms with van der Waals surface area (Å²) in [7, 11) is -0.0949. The molecule has 8 heteroatoms. The smallest absolute Gasteiger partial charge is 0.231 e. The highest BCUT2D eigenvalue weighted by Crippen LogP contribution is 2.36. The molecule has 0 radical (unpaired) electrons. The number of halogens is 1. The highest BCUT2D eigenvalue weighted by Gasteiger charge is 2.16. The Morgan fingerprint density at radius 2 is 1.95 bits per heavy atom. The molecule has 1 aliphatic heterocycles. The second-order valence-electron chi connectivity index (χ2n) is 4.57. The Balaban J connectivity index is 1.89. The monoisotopic (exact) mass is 364 g/mol. The third kappa shape index (κ3) is 3.63. The number of rotatable bonds is 6. The third-order valence-electron chi connectivity index (χ3n) is 2.95. The summed E-state index contributed by atoms with van der Waals surface area (Å²) in [5.41, 5.74) is 0.997. The number of hydrogen-bond acceptors (Lipinski definition) is 5. The van der Waals surface area contributed by atoms with Gasteiger partial charge in [0, 0.05) is 31.7 Å². The van der Waals surface area contributed by atoms with Gasteiger partial charge in [0.15, 0.2) is 11.5 Å². The lowest BCUT2D eigenvalue weighted by atomic mass is 10.2. The second-order valence-corrected chi connectivity index (χ2v) is 7.73. The standard InChI is InChI=1S/C12H17BrN2O4S/c1-15(2)20(16,17)4-3-14-7-9-5-11-12(6-10(9)13)19-8-18-11/h5-6,14H,3-4,7-8H2,1-2H3. The van der Waals surface area contributed by atoms with E-state index in [2.05, 4.69) is 21.2 Å². The Hall–Kier alpha value is -0.830. The molecule has 1 aromatic rings. The number of fused-ring (bicyclic) bond motifs is 1. The molecule has 2 rings (SSSR count). The lowest BCUT2D eigenvalue weighted by molar-refractivity contribution is 0.174. The van der Waals surface area contributed by atoms with E-state index in [1.54, 1.807) is 0 Å². The number of hydrogen-bond donors (Lipinski definition) is 1. The topological polar surface area (TPSA) is 67.9 Å². The minimum atomic E-state index is -3.16. The predicted molar refractivity (Wildman–Crippen MR) is 79.4 cm³/mol. The summed E-state index contributed by atoms with van der Waals surface area (Å²) in [6, 6.07) is 3.75. The van der Waals surface area contributed by atoms with Crippen LogP contribution in [0.5, 0.6) is 11.5 Å². The number of sulfonamides is 1. The zero-order valence-corrected chi connectivity index (χ0v) is 13.8. The van der Waals surface area contributed by atoms with E-state index in [9.17, 15) is 8.42 Å². The quantitative estimate of drug-likeness (QED) is 0.767. The summed E-state index contributed by atoms with van der Waals surface area (Å²) >= 11 is 3.46. The lowest BCUT2D eigenvalue weighted by Crippen LogP contribution is -2.31. The first-order chi connectivity index (χ1) is 9.40. The normalized spacial score (nSPS) is 14.0. The van der Waals surface area contributed by atoms with E-state index in [-0.39, 0.29) is 12.5 Å². The Morgan fingerprint density at radius 3 is 2.60 bits per heavy atom. The van der Waals surface area contributed by atoms with Crippen LogP contribution in [-0.4, -0.2) is 45.9 Å². The van der Waals surface area contributed by atoms with Crippen molar-refractivity contribution in [2.75, 3.05) is 33.2 Å². The van der Waals surface area contributed by atoms with Gasteiger partial charge in [0.1, 0.15) is 0 Å². The molecule has 0 saturated carbocycles. The van der Waals surface area contributed by atoms with Crippen molar-refractivity contribution in [2.24, 2.45) is 0 Å². The molecular weight excluding hydrogens is 348 g/mol. The van der Waals surface area contributed by atoms with Gasteiger partial charge >= 0.3 is 0 Å². The average molecular weight is 365 g/mol. The van der Waals surface area contributed by atoms with E-state index in [0.29, 0.717) is 18.8 Å². The van der Waals surface area contributed by atoms with Crippen molar-refractivity contribution in [2.45, 2.75) is 6.54 Å². The zero-order chi connectivity index (χ0) is 14.8. The fourth-order valence-corrected chi connectivity index (χ4v) is 2.93. The molecule has 0 spiro atoms. The highest BCUT2D eigenvalue weighted by molar-refractivity contribution is 9.10. The Morgan fingerprint density at radius 1 is 1.30 bits per heavy atom. The zero-order valence-electron chi connectivity index (χ0n) is 11.3. The molecule has 0 saturated heterocycles. The van der Waals surface area contributed by atoms with Crippen LogP contribution in [0, 0.1) is 0 Å². The minimum absolute atomic E-state index is 0.0716. The molecule has 1 aliphatic rings. The van der Waals surface area contributed by atoms with Gasteiger partial charge in [-0.15, -0.1) is 0 Å². The van der Waals surface area contributed by atoms with Crippen molar-refractivity contribution in [1.29, 1.82) is 0 Å². The van der Waals surface area contributed by atoms with Crippen LogP contribution in [-0.2, 0) is 16.6 Å². The number of nitrogens with one attached hydrogen (secondary N) is 1. The molecule has 6 nitrogen and oxygen atoms in total. The van der Waals surface area contributed by atoms with Crippen LogP contribution in [0.4, 0.5) is 0 Å². The molecule has 20 heavy (non-hydrogen) atoms. The Kier molecular flexibility index (Phi) is 4.90. The van der Waals surface area contributed by atoms with Crippen molar-refractivity contribution >= 4 is 26.0 Å². The number of ether oxygens (including phenoxy) is 2. The second kappa shape index (κ2) is 6.30. The van der Waals surface area contributed by atoms with Gasteiger partial charge in [-0.05, 0) is 17.7 Å². The highest BCUT2D eigenvalue weighted by atomic mass is 79.9. The maximum absolute atomic E-state index is 11.6. The number of nitrogens with zero attached hydrogens (tertiary/aromatic N) is 1. The van der Waals surface area contributed by atoms with E-state index in [1.165, 1.54) is 18.4 Å². The van der Waals surface area contributed by atoms with Crippen LogP contribution >= 0.6 is 15.9 Å². The van der Waals surface area contributed by atoms with Crippen LogP contribution < -0.4 is 14.8 Å². The molecule has 0 aliphatic carbocycles. The number of benzene rings is 1. The van der Waals surface area contributed by atoms with Gasteiger partial charge in [0.05, 0.1) is 5.75 Å². The lowest BCUT2D eigenvalue weighted by Gasteiger charge is -2.12. The van der Waals surface area contributed by atoms with Crippen LogP contribution in [0.3, 0.4) is 0 Å². The van der Waals surface area contributed by atoms with E-state index in [0.717, 1.165) is 15.8 Å². The summed E-state index contributed by atoms with van der Waals surface area (Å²) in [6.45, 7) is 1.18. The van der Waals surface area contributed by atoms with E-state index >= 15 is 0 Å². The van der Waals surface area contributed by atoms with Gasteiger partial charge < -0.3 is 14.8 Å². The summed E-state index contributed by atoms with van der Waals surface area (Å²) in [5.74, 6) is 1.50. The molecule has 0 aromatic heterocycles. The summed E-state index contributed by atoms with van der Waals surface area (Å²) in [5, 5.41) is 3.11. The van der Waals surface area contributed by atoms with Crippen molar-refractivity contribution in [1.82, 2.24) is 9.62 Å². The molecule has 0 amide bonds. The summed E-state index contributed by atoms with van der Waals surface area (Å²) < 4.78 is 35.9. The van der Waals surface area contributed by atoms with E-state index in [1.807, 2.05) is 12.1 Å². The van der Waals surface area contributed by atoms with Crippen LogP contribution in [0.2, 0.25) is 0 Å². The van der Waals surface area contributed by atoms with Gasteiger partial charge in [-0.25, -0.2) is 12.7 Å². The minimum Gasteiger partial charge on any atom is -0.454 e. The Bertz CT molecular complexity index is 589. The molecule has 112 valence electrons. The van der Waals surface area contributed by atoms with Crippen LogP contribution in [0.15, 0.2) is 16.6 Å². The van der Waals surface area contributed by atoms with E-state index < -0.39 is 10.0 Å². The molecule has 0 fully saturated rings. The first-order valence-corrected chi connectivity index (χ1v) is 8.49. The van der Waals surface area contributed by atoms with Gasteiger partial charge in [0.2, 0.25) is 16.8 Å².